The highest BCUT2D eigenvalue weighted by Gasteiger charge is 2.33. The van der Waals surface area contributed by atoms with Crippen LogP contribution in [0.2, 0.25) is 0 Å². The van der Waals surface area contributed by atoms with Crippen LogP contribution < -0.4 is 11.0 Å². The van der Waals surface area contributed by atoms with E-state index < -0.39 is 5.60 Å². The molecule has 1 atom stereocenters. The maximum Gasteiger partial charge on any atom is 0.410 e. The van der Waals surface area contributed by atoms with Crippen molar-refractivity contribution < 1.29 is 9.53 Å². The number of fused-ring (bicyclic) bond motifs is 3. The van der Waals surface area contributed by atoms with E-state index in [0.29, 0.717) is 30.9 Å². The average molecular weight is 528 g/mol. The first kappa shape index (κ1) is 26.1. The summed E-state index contributed by atoms with van der Waals surface area (Å²) in [5.74, 6) is 0. The third-order valence-corrected chi connectivity index (χ3v) is 6.89. The molecule has 39 heavy (non-hydrogen) atoms. The lowest BCUT2D eigenvalue weighted by Crippen LogP contribution is -2.36. The minimum absolute atomic E-state index is 0.139. The lowest BCUT2D eigenvalue weighted by molar-refractivity contribution is 0.0289. The van der Waals surface area contributed by atoms with Crippen molar-refractivity contribution in [2.45, 2.75) is 38.8 Å². The van der Waals surface area contributed by atoms with Gasteiger partial charge in [0.2, 0.25) is 0 Å². The Balaban J connectivity index is 1.55. The Hall–Kier alpha value is -4.47. The van der Waals surface area contributed by atoms with Crippen molar-refractivity contribution in [3.63, 3.8) is 0 Å². The third-order valence-electron chi connectivity index (χ3n) is 6.89. The molecular weight excluding hydrogens is 494 g/mol. The largest absolute Gasteiger partial charge is 0.444 e. The first-order chi connectivity index (χ1) is 18.6. The number of amides is 1. The van der Waals surface area contributed by atoms with Gasteiger partial charge < -0.3 is 15.0 Å². The minimum atomic E-state index is -0.583. The van der Waals surface area contributed by atoms with Crippen LogP contribution in [-0.4, -0.2) is 61.5 Å². The maximum absolute atomic E-state index is 13.5. The van der Waals surface area contributed by atoms with Crippen LogP contribution in [0.1, 0.15) is 38.9 Å². The molecule has 1 aromatic carbocycles. The van der Waals surface area contributed by atoms with Crippen molar-refractivity contribution in [2.24, 2.45) is 7.05 Å². The number of nitrogens with one attached hydrogen (secondary N) is 2. The molecule has 1 fully saturated rings. The number of rotatable bonds is 5. The van der Waals surface area contributed by atoms with E-state index in [-0.39, 0.29) is 17.8 Å². The Morgan fingerprint density at radius 1 is 1.15 bits per heavy atom. The van der Waals surface area contributed by atoms with Crippen LogP contribution >= 0.6 is 0 Å². The van der Waals surface area contributed by atoms with E-state index in [2.05, 4.69) is 15.3 Å². The number of pyridine rings is 2. The van der Waals surface area contributed by atoms with Gasteiger partial charge in [-0.1, -0.05) is 12.1 Å². The summed E-state index contributed by atoms with van der Waals surface area (Å²) in [6, 6.07) is 9.54. The molecule has 1 saturated heterocycles. The molecule has 4 aromatic rings. The number of aromatic nitrogens is 4. The van der Waals surface area contributed by atoms with Crippen LogP contribution in [-0.2, 0) is 11.8 Å². The molecule has 1 aliphatic rings. The molecule has 0 saturated carbocycles. The molecule has 1 amide bonds. The monoisotopic (exact) mass is 527 g/mol. The smallest absolute Gasteiger partial charge is 0.410 e. The standard InChI is InChI=1S/C29H33N7O3/c1-29(2,3)39-28(38)35-13-11-20(17-35)36-26-21-14-18(6-8-23(21)33-16-25(26)34(5)27(36)37)19-7-9-24(32-15-19)22(30)10-12-31-4/h6-10,12,14-16,20,30-31H,11,13,17H2,1-5H3/b12-10-,30-22?. The molecule has 10 nitrogen and oxygen atoms in total. The van der Waals surface area contributed by atoms with Crippen LogP contribution in [0.5, 0.6) is 0 Å². The molecule has 3 aromatic heterocycles. The van der Waals surface area contributed by atoms with E-state index in [9.17, 15) is 9.59 Å². The SMILES string of the molecule is CN/C=C\C(=N)c1ccc(-c2ccc3ncc4c(c3c2)n(C2CCN(C(=O)OC(C)(C)C)C2)c(=O)n4C)cn1. The number of likely N-dealkylation sites (tertiary alicyclic amines) is 1. The van der Waals surface area contributed by atoms with Crippen LogP contribution in [0.25, 0.3) is 33.1 Å². The highest BCUT2D eigenvalue weighted by Crippen LogP contribution is 2.32. The number of benzene rings is 1. The van der Waals surface area contributed by atoms with Gasteiger partial charge in [0.05, 0.1) is 40.2 Å². The summed E-state index contributed by atoms with van der Waals surface area (Å²) >= 11 is 0. The predicted octanol–water partition coefficient (Wildman–Crippen LogP) is 4.23. The number of ether oxygens (including phenoxy) is 1. The van der Waals surface area contributed by atoms with Crippen molar-refractivity contribution in [2.75, 3.05) is 20.1 Å². The van der Waals surface area contributed by atoms with Crippen molar-refractivity contribution in [1.82, 2.24) is 29.3 Å². The quantitative estimate of drug-likeness (QED) is 0.375. The van der Waals surface area contributed by atoms with Gasteiger partial charge in [0.25, 0.3) is 0 Å². The Morgan fingerprint density at radius 2 is 1.92 bits per heavy atom. The zero-order valence-electron chi connectivity index (χ0n) is 22.9. The van der Waals surface area contributed by atoms with Crippen molar-refractivity contribution >= 4 is 33.7 Å². The fourth-order valence-electron chi connectivity index (χ4n) is 4.97. The molecule has 5 rings (SSSR count). The second-order valence-corrected chi connectivity index (χ2v) is 10.8. The summed E-state index contributed by atoms with van der Waals surface area (Å²) in [6.45, 7) is 6.46. The molecule has 0 radical (unpaired) electrons. The number of nitrogens with zero attached hydrogens (tertiary/aromatic N) is 5. The minimum Gasteiger partial charge on any atom is -0.444 e. The Labute approximate surface area is 226 Å². The van der Waals surface area contributed by atoms with Gasteiger partial charge in [0.15, 0.2) is 0 Å². The summed E-state index contributed by atoms with van der Waals surface area (Å²) in [6.07, 6.45) is 7.12. The molecular formula is C29H33N7O3. The summed E-state index contributed by atoms with van der Waals surface area (Å²) < 4.78 is 8.99. The Kier molecular flexibility index (Phi) is 6.71. The van der Waals surface area contributed by atoms with Crippen LogP contribution in [0, 0.1) is 5.41 Å². The Bertz CT molecular complexity index is 1660. The molecule has 0 bridgehead atoms. The predicted molar refractivity (Wildman–Crippen MR) is 152 cm³/mol. The molecule has 4 heterocycles. The van der Waals surface area contributed by atoms with Gasteiger partial charge in [-0.3, -0.25) is 24.5 Å². The number of aryl methyl sites for hydroxylation is 1. The highest BCUT2D eigenvalue weighted by molar-refractivity contribution is 6.05. The molecule has 1 aliphatic heterocycles. The summed E-state index contributed by atoms with van der Waals surface area (Å²) in [7, 11) is 3.53. The van der Waals surface area contributed by atoms with E-state index in [0.717, 1.165) is 33.1 Å². The van der Waals surface area contributed by atoms with Crippen LogP contribution in [0.4, 0.5) is 4.79 Å². The van der Waals surface area contributed by atoms with Gasteiger partial charge in [-0.15, -0.1) is 0 Å². The van der Waals surface area contributed by atoms with Gasteiger partial charge >= 0.3 is 11.8 Å². The second-order valence-electron chi connectivity index (χ2n) is 10.8. The fourth-order valence-corrected chi connectivity index (χ4v) is 4.97. The molecule has 2 N–H and O–H groups in total. The van der Waals surface area contributed by atoms with Gasteiger partial charge in [0.1, 0.15) is 5.60 Å². The van der Waals surface area contributed by atoms with Gasteiger partial charge in [-0.25, -0.2) is 9.59 Å². The topological polar surface area (TPSA) is 118 Å². The van der Waals surface area contributed by atoms with E-state index >= 15 is 0 Å². The molecule has 1 unspecified atom stereocenters. The van der Waals surface area contributed by atoms with Crippen molar-refractivity contribution in [3.05, 3.63) is 71.2 Å². The number of hydrogen-bond donors (Lipinski definition) is 2. The third kappa shape index (κ3) is 5.01. The maximum atomic E-state index is 13.5. The summed E-state index contributed by atoms with van der Waals surface area (Å²) in [5, 5.41) is 11.9. The lowest BCUT2D eigenvalue weighted by Gasteiger charge is -2.24. The first-order valence-corrected chi connectivity index (χ1v) is 12.9. The first-order valence-electron chi connectivity index (χ1n) is 12.9. The molecule has 10 heteroatoms. The summed E-state index contributed by atoms with van der Waals surface area (Å²) in [5.41, 5.74) is 4.29. The van der Waals surface area contributed by atoms with Crippen molar-refractivity contribution in [1.29, 1.82) is 5.41 Å². The normalized spacial score (nSPS) is 15.9. The Morgan fingerprint density at radius 3 is 2.62 bits per heavy atom. The van der Waals surface area contributed by atoms with Crippen LogP contribution in [0.3, 0.4) is 0 Å². The number of allylic oxidation sites excluding steroid dienone is 1. The van der Waals surface area contributed by atoms with E-state index in [1.165, 1.54) is 0 Å². The second kappa shape index (κ2) is 10.0. The fraction of sp³-hybridized carbons (Fsp3) is 0.345. The number of carbonyl (C=O) groups excluding carboxylic acids is 1. The zero-order valence-corrected chi connectivity index (χ0v) is 22.9. The number of carbonyl (C=O) groups is 1. The number of imidazole rings is 1. The molecule has 0 aliphatic carbocycles. The zero-order chi connectivity index (χ0) is 27.9. The van der Waals surface area contributed by atoms with Gasteiger partial charge in [-0.05, 0) is 63.2 Å². The van der Waals surface area contributed by atoms with Gasteiger partial charge in [-0.2, -0.15) is 0 Å². The van der Waals surface area contributed by atoms with E-state index in [4.69, 9.17) is 10.1 Å². The van der Waals surface area contributed by atoms with Gasteiger partial charge in [0, 0.05) is 44.3 Å². The summed E-state index contributed by atoms with van der Waals surface area (Å²) in [4.78, 5) is 36.9. The van der Waals surface area contributed by atoms with E-state index in [1.807, 2.05) is 55.7 Å². The van der Waals surface area contributed by atoms with E-state index in [1.54, 1.807) is 48.2 Å². The number of hydrogen-bond acceptors (Lipinski definition) is 7. The van der Waals surface area contributed by atoms with Crippen LogP contribution in [0.15, 0.2) is 59.8 Å². The lowest BCUT2D eigenvalue weighted by atomic mass is 10.0. The average Bonchev–Trinajstić information content (AvgIpc) is 3.49. The van der Waals surface area contributed by atoms with Crippen molar-refractivity contribution in [3.8, 4) is 11.1 Å². The molecule has 0 spiro atoms. The molecule has 202 valence electrons. The highest BCUT2D eigenvalue weighted by atomic mass is 16.6.